The van der Waals surface area contributed by atoms with Gasteiger partial charge < -0.3 is 5.73 Å². The summed E-state index contributed by atoms with van der Waals surface area (Å²) in [6, 6.07) is 3.39. The smallest absolute Gasteiger partial charge is 0.149 e. The molecule has 0 aliphatic heterocycles. The quantitative estimate of drug-likeness (QED) is 0.791. The van der Waals surface area contributed by atoms with E-state index in [1.54, 1.807) is 30.9 Å². The van der Waals surface area contributed by atoms with E-state index in [4.69, 9.17) is 5.73 Å². The summed E-state index contributed by atoms with van der Waals surface area (Å²) in [5.74, 6) is 0.619. The van der Waals surface area contributed by atoms with Crippen molar-refractivity contribution >= 4 is 0 Å². The van der Waals surface area contributed by atoms with Crippen LogP contribution in [0.25, 0.3) is 0 Å². The maximum atomic E-state index is 6.05. The zero-order chi connectivity index (χ0) is 10.7. The highest BCUT2D eigenvalue weighted by molar-refractivity contribution is 5.28. The van der Waals surface area contributed by atoms with Crippen molar-refractivity contribution in [2.75, 3.05) is 0 Å². The van der Waals surface area contributed by atoms with Gasteiger partial charge in [-0.05, 0) is 30.2 Å². The minimum absolute atomic E-state index is 0.306. The van der Waals surface area contributed by atoms with Crippen LogP contribution in [0.1, 0.15) is 23.0 Å². The highest BCUT2D eigenvalue weighted by atomic mass is 14.9. The zero-order valence-corrected chi connectivity index (χ0v) is 8.46. The molecule has 15 heavy (non-hydrogen) atoms. The lowest BCUT2D eigenvalue weighted by atomic mass is 10.0. The molecule has 0 bridgehead atoms. The van der Waals surface area contributed by atoms with E-state index in [-0.39, 0.29) is 6.04 Å². The molecule has 0 saturated heterocycles. The fourth-order valence-corrected chi connectivity index (χ4v) is 1.41. The number of pyridine rings is 1. The van der Waals surface area contributed by atoms with Crippen molar-refractivity contribution in [1.29, 1.82) is 0 Å². The summed E-state index contributed by atoms with van der Waals surface area (Å²) >= 11 is 0. The zero-order valence-electron chi connectivity index (χ0n) is 8.46. The van der Waals surface area contributed by atoms with Crippen LogP contribution in [0, 0.1) is 6.92 Å². The summed E-state index contributed by atoms with van der Waals surface area (Å²) in [6.45, 7) is 2.00. The largest absolute Gasteiger partial charge is 0.318 e. The number of nitrogens with two attached hydrogens (primary N) is 1. The van der Waals surface area contributed by atoms with Gasteiger partial charge in [-0.25, -0.2) is 9.97 Å². The van der Waals surface area contributed by atoms with Crippen molar-refractivity contribution in [3.63, 3.8) is 0 Å². The number of hydrogen-bond donors (Lipinski definition) is 1. The second-order valence-corrected chi connectivity index (χ2v) is 3.32. The fraction of sp³-hybridized carbons (Fsp3) is 0.182. The Labute approximate surface area is 88.2 Å². The Balaban J connectivity index is 2.37. The van der Waals surface area contributed by atoms with Crippen LogP contribution < -0.4 is 5.73 Å². The van der Waals surface area contributed by atoms with Crippen LogP contribution in [-0.2, 0) is 0 Å². The molecule has 2 aromatic heterocycles. The summed E-state index contributed by atoms with van der Waals surface area (Å²) in [5, 5.41) is 0. The first-order valence-electron chi connectivity index (χ1n) is 4.72. The van der Waals surface area contributed by atoms with Crippen LogP contribution in [0.3, 0.4) is 0 Å². The molecule has 0 aliphatic rings. The second kappa shape index (κ2) is 4.14. The topological polar surface area (TPSA) is 64.7 Å². The summed E-state index contributed by atoms with van der Waals surface area (Å²) in [4.78, 5) is 12.3. The third kappa shape index (κ3) is 1.99. The van der Waals surface area contributed by atoms with Gasteiger partial charge in [-0.2, -0.15) is 0 Å². The molecule has 4 nitrogen and oxygen atoms in total. The Morgan fingerprint density at radius 1 is 1.20 bits per heavy atom. The minimum atomic E-state index is -0.306. The maximum absolute atomic E-state index is 6.05. The van der Waals surface area contributed by atoms with Crippen molar-refractivity contribution in [2.45, 2.75) is 13.0 Å². The number of aryl methyl sites for hydroxylation is 1. The van der Waals surface area contributed by atoms with E-state index in [1.807, 2.05) is 13.0 Å². The summed E-state index contributed by atoms with van der Waals surface area (Å²) in [7, 11) is 0. The molecule has 4 heteroatoms. The Hall–Kier alpha value is -1.81. The van der Waals surface area contributed by atoms with Crippen molar-refractivity contribution in [1.82, 2.24) is 15.0 Å². The van der Waals surface area contributed by atoms with Gasteiger partial charge in [0.2, 0.25) is 0 Å². The van der Waals surface area contributed by atoms with Gasteiger partial charge in [-0.3, -0.25) is 4.98 Å². The van der Waals surface area contributed by atoms with Gasteiger partial charge in [-0.15, -0.1) is 0 Å². The molecule has 0 radical (unpaired) electrons. The van der Waals surface area contributed by atoms with Crippen molar-refractivity contribution in [2.24, 2.45) is 5.73 Å². The highest BCUT2D eigenvalue weighted by Crippen LogP contribution is 2.17. The molecule has 0 spiro atoms. The third-order valence-electron chi connectivity index (χ3n) is 2.28. The Kier molecular flexibility index (Phi) is 2.69. The fourth-order valence-electron chi connectivity index (χ4n) is 1.41. The van der Waals surface area contributed by atoms with Crippen LogP contribution in [0.5, 0.6) is 0 Å². The number of nitrogens with zero attached hydrogens (tertiary/aromatic N) is 3. The predicted molar refractivity (Wildman–Crippen MR) is 57.0 cm³/mol. The molecular formula is C11H12N4. The van der Waals surface area contributed by atoms with E-state index in [2.05, 4.69) is 15.0 Å². The second-order valence-electron chi connectivity index (χ2n) is 3.32. The summed E-state index contributed by atoms with van der Waals surface area (Å²) in [6.07, 6.45) is 6.88. The predicted octanol–water partition coefficient (Wildman–Crippen LogP) is 1.23. The first-order valence-corrected chi connectivity index (χ1v) is 4.72. The van der Waals surface area contributed by atoms with E-state index in [9.17, 15) is 0 Å². The lowest BCUT2D eigenvalue weighted by Crippen LogP contribution is -2.16. The SMILES string of the molecule is Cc1ccncc1C(N)c1ncccn1. The van der Waals surface area contributed by atoms with Crippen LogP contribution in [0.4, 0.5) is 0 Å². The first kappa shape index (κ1) is 9.73. The number of aromatic nitrogens is 3. The average molecular weight is 200 g/mol. The normalized spacial score (nSPS) is 12.4. The Morgan fingerprint density at radius 2 is 1.93 bits per heavy atom. The molecule has 0 aliphatic carbocycles. The van der Waals surface area contributed by atoms with Crippen LogP contribution in [0.15, 0.2) is 36.9 Å². The monoisotopic (exact) mass is 200 g/mol. The third-order valence-corrected chi connectivity index (χ3v) is 2.28. The lowest BCUT2D eigenvalue weighted by Gasteiger charge is -2.11. The van der Waals surface area contributed by atoms with Crippen LogP contribution in [-0.4, -0.2) is 15.0 Å². The van der Waals surface area contributed by atoms with Crippen molar-refractivity contribution in [3.05, 3.63) is 53.9 Å². The molecule has 0 aromatic carbocycles. The van der Waals surface area contributed by atoms with E-state index < -0.39 is 0 Å². The molecule has 76 valence electrons. The Morgan fingerprint density at radius 3 is 2.60 bits per heavy atom. The van der Waals surface area contributed by atoms with Gasteiger partial charge in [0.1, 0.15) is 5.82 Å². The van der Waals surface area contributed by atoms with Gasteiger partial charge in [-0.1, -0.05) is 0 Å². The minimum Gasteiger partial charge on any atom is -0.318 e. The van der Waals surface area contributed by atoms with Crippen molar-refractivity contribution < 1.29 is 0 Å². The molecule has 0 fully saturated rings. The van der Waals surface area contributed by atoms with Gasteiger partial charge in [0.05, 0.1) is 6.04 Å². The van der Waals surface area contributed by atoms with Gasteiger partial charge in [0.15, 0.2) is 0 Å². The molecule has 2 N–H and O–H groups in total. The van der Waals surface area contributed by atoms with E-state index in [1.165, 1.54) is 0 Å². The van der Waals surface area contributed by atoms with E-state index >= 15 is 0 Å². The van der Waals surface area contributed by atoms with E-state index in [0.29, 0.717) is 5.82 Å². The van der Waals surface area contributed by atoms with Gasteiger partial charge in [0, 0.05) is 24.8 Å². The highest BCUT2D eigenvalue weighted by Gasteiger charge is 2.13. The molecule has 2 rings (SSSR count). The van der Waals surface area contributed by atoms with Gasteiger partial charge in [0.25, 0.3) is 0 Å². The van der Waals surface area contributed by atoms with Crippen molar-refractivity contribution in [3.8, 4) is 0 Å². The van der Waals surface area contributed by atoms with Crippen LogP contribution in [0.2, 0.25) is 0 Å². The molecule has 0 amide bonds. The molecule has 2 heterocycles. The molecule has 0 saturated carbocycles. The standard InChI is InChI=1S/C11H12N4/c1-8-3-6-13-7-9(8)10(12)11-14-4-2-5-15-11/h2-7,10H,12H2,1H3. The van der Waals surface area contributed by atoms with Crippen LogP contribution >= 0.6 is 0 Å². The number of rotatable bonds is 2. The summed E-state index contributed by atoms with van der Waals surface area (Å²) < 4.78 is 0. The number of hydrogen-bond acceptors (Lipinski definition) is 4. The summed E-state index contributed by atoms with van der Waals surface area (Å²) in [5.41, 5.74) is 8.12. The first-order chi connectivity index (χ1) is 7.29. The Bertz CT molecular complexity index is 441. The molecule has 1 atom stereocenters. The molecule has 1 unspecified atom stereocenters. The van der Waals surface area contributed by atoms with E-state index in [0.717, 1.165) is 11.1 Å². The molecule has 2 aromatic rings. The average Bonchev–Trinajstić information content (AvgIpc) is 2.30. The molecular weight excluding hydrogens is 188 g/mol. The lowest BCUT2D eigenvalue weighted by molar-refractivity contribution is 0.770. The maximum Gasteiger partial charge on any atom is 0.149 e. The van der Waals surface area contributed by atoms with Gasteiger partial charge >= 0.3 is 0 Å².